The normalized spacial score (nSPS) is 12.0. The van der Waals surface area contributed by atoms with Gasteiger partial charge in [0.2, 0.25) is 0 Å². The highest BCUT2D eigenvalue weighted by molar-refractivity contribution is 4.74. The van der Waals surface area contributed by atoms with Gasteiger partial charge in [0.05, 0.1) is 0 Å². The standard InChI is InChI=1S/C13H27/c1-5-9-10-11-12-13(6-2,7-3)8-4/h1,5-12H2,2-4H3. The molecule has 0 amide bonds. The van der Waals surface area contributed by atoms with Crippen LogP contribution in [0.5, 0.6) is 0 Å². The second kappa shape index (κ2) is 7.41. The fourth-order valence-corrected chi connectivity index (χ4v) is 2.13. The van der Waals surface area contributed by atoms with Crippen molar-refractivity contribution in [2.75, 3.05) is 0 Å². The summed E-state index contributed by atoms with van der Waals surface area (Å²) in [4.78, 5) is 0. The minimum absolute atomic E-state index is 0.654. The Labute approximate surface area is 85.1 Å². The monoisotopic (exact) mass is 183 g/mol. The number of hydrogen-bond acceptors (Lipinski definition) is 0. The molecule has 0 aliphatic heterocycles. The van der Waals surface area contributed by atoms with Crippen LogP contribution in [-0.2, 0) is 0 Å². The van der Waals surface area contributed by atoms with Crippen LogP contribution in [0.25, 0.3) is 0 Å². The maximum Gasteiger partial charge on any atom is -0.0305 e. The van der Waals surface area contributed by atoms with E-state index < -0.39 is 0 Å². The van der Waals surface area contributed by atoms with Gasteiger partial charge in [-0.2, -0.15) is 0 Å². The highest BCUT2D eigenvalue weighted by Gasteiger charge is 2.22. The molecule has 0 N–H and O–H groups in total. The van der Waals surface area contributed by atoms with E-state index in [2.05, 4.69) is 27.7 Å². The first-order chi connectivity index (χ1) is 6.24. The van der Waals surface area contributed by atoms with Crippen molar-refractivity contribution >= 4 is 0 Å². The fraction of sp³-hybridized carbons (Fsp3) is 0.923. The summed E-state index contributed by atoms with van der Waals surface area (Å²) in [6.45, 7) is 10.9. The smallest absolute Gasteiger partial charge is 0.0305 e. The van der Waals surface area contributed by atoms with Gasteiger partial charge in [-0.3, -0.25) is 0 Å². The molecule has 0 rings (SSSR count). The molecule has 0 spiro atoms. The molecule has 13 heavy (non-hydrogen) atoms. The Bertz CT molecular complexity index is 92.3. The largest absolute Gasteiger partial charge is 0.0649 e. The van der Waals surface area contributed by atoms with Gasteiger partial charge in [-0.25, -0.2) is 0 Å². The quantitative estimate of drug-likeness (QED) is 0.465. The van der Waals surface area contributed by atoms with Crippen LogP contribution in [0.15, 0.2) is 0 Å². The van der Waals surface area contributed by atoms with Gasteiger partial charge in [-0.1, -0.05) is 72.6 Å². The van der Waals surface area contributed by atoms with Gasteiger partial charge in [-0.05, 0) is 11.8 Å². The summed E-state index contributed by atoms with van der Waals surface area (Å²) in [7, 11) is 0. The molecular weight excluding hydrogens is 156 g/mol. The molecule has 0 heteroatoms. The summed E-state index contributed by atoms with van der Waals surface area (Å²) in [5, 5.41) is 0. The third-order valence-electron chi connectivity index (χ3n) is 3.71. The molecule has 0 aromatic carbocycles. The average molecular weight is 183 g/mol. The van der Waals surface area contributed by atoms with Crippen LogP contribution in [0.2, 0.25) is 0 Å². The van der Waals surface area contributed by atoms with Crippen LogP contribution in [0, 0.1) is 12.3 Å². The highest BCUT2D eigenvalue weighted by Crippen LogP contribution is 2.35. The van der Waals surface area contributed by atoms with Crippen molar-refractivity contribution in [3.63, 3.8) is 0 Å². The third kappa shape index (κ3) is 4.69. The van der Waals surface area contributed by atoms with E-state index in [0.717, 1.165) is 6.42 Å². The van der Waals surface area contributed by atoms with Crippen LogP contribution < -0.4 is 0 Å². The van der Waals surface area contributed by atoms with Gasteiger partial charge in [0.1, 0.15) is 0 Å². The lowest BCUT2D eigenvalue weighted by atomic mass is 9.75. The lowest BCUT2D eigenvalue weighted by molar-refractivity contribution is 0.220. The minimum atomic E-state index is 0.654. The molecule has 1 radical (unpaired) electrons. The zero-order valence-electron chi connectivity index (χ0n) is 9.86. The second-order valence-corrected chi connectivity index (χ2v) is 4.22. The molecule has 0 fully saturated rings. The number of unbranched alkanes of at least 4 members (excludes halogenated alkanes) is 3. The molecular formula is C13H27. The molecule has 0 unspecified atom stereocenters. The molecule has 79 valence electrons. The number of rotatable bonds is 8. The summed E-state index contributed by atoms with van der Waals surface area (Å²) in [6, 6.07) is 0. The molecule has 0 aromatic heterocycles. The Balaban J connectivity index is 3.68. The molecule has 0 bridgehead atoms. The zero-order valence-corrected chi connectivity index (χ0v) is 9.86. The Morgan fingerprint density at radius 2 is 1.38 bits per heavy atom. The average Bonchev–Trinajstić information content (AvgIpc) is 2.20. The SMILES string of the molecule is [CH2]CCCCCC(CC)(CC)CC. The fourth-order valence-electron chi connectivity index (χ4n) is 2.13. The van der Waals surface area contributed by atoms with Crippen molar-refractivity contribution in [2.45, 2.75) is 72.1 Å². The van der Waals surface area contributed by atoms with Crippen molar-refractivity contribution < 1.29 is 0 Å². The lowest BCUT2D eigenvalue weighted by Gasteiger charge is -2.30. The molecule has 0 nitrogen and oxygen atoms in total. The van der Waals surface area contributed by atoms with E-state index in [0.29, 0.717) is 5.41 Å². The van der Waals surface area contributed by atoms with Gasteiger partial charge in [-0.15, -0.1) is 0 Å². The van der Waals surface area contributed by atoms with Gasteiger partial charge >= 0.3 is 0 Å². The Morgan fingerprint density at radius 1 is 0.846 bits per heavy atom. The minimum Gasteiger partial charge on any atom is -0.0649 e. The first-order valence-electron chi connectivity index (χ1n) is 6.04. The van der Waals surface area contributed by atoms with Crippen LogP contribution in [0.3, 0.4) is 0 Å². The Kier molecular flexibility index (Phi) is 7.41. The van der Waals surface area contributed by atoms with E-state index in [-0.39, 0.29) is 0 Å². The predicted molar refractivity (Wildman–Crippen MR) is 61.7 cm³/mol. The first-order valence-corrected chi connectivity index (χ1v) is 6.04. The topological polar surface area (TPSA) is 0 Å². The summed E-state index contributed by atoms with van der Waals surface area (Å²) < 4.78 is 0. The predicted octanol–water partition coefficient (Wildman–Crippen LogP) is 4.99. The van der Waals surface area contributed by atoms with Gasteiger partial charge < -0.3 is 0 Å². The summed E-state index contributed by atoms with van der Waals surface area (Å²) in [5.41, 5.74) is 0.654. The van der Waals surface area contributed by atoms with E-state index in [4.69, 9.17) is 0 Å². The first kappa shape index (κ1) is 13.0. The van der Waals surface area contributed by atoms with E-state index >= 15 is 0 Å². The molecule has 0 saturated carbocycles. The zero-order chi connectivity index (χ0) is 10.2. The molecule has 0 saturated heterocycles. The van der Waals surface area contributed by atoms with Gasteiger partial charge in [0.25, 0.3) is 0 Å². The van der Waals surface area contributed by atoms with Crippen molar-refractivity contribution in [3.8, 4) is 0 Å². The van der Waals surface area contributed by atoms with Crippen LogP contribution >= 0.6 is 0 Å². The summed E-state index contributed by atoms with van der Waals surface area (Å²) in [5.74, 6) is 0. The lowest BCUT2D eigenvalue weighted by Crippen LogP contribution is -2.17. The second-order valence-electron chi connectivity index (χ2n) is 4.22. The van der Waals surface area contributed by atoms with Crippen LogP contribution in [0.4, 0.5) is 0 Å². The summed E-state index contributed by atoms with van der Waals surface area (Å²) >= 11 is 0. The Morgan fingerprint density at radius 3 is 1.77 bits per heavy atom. The van der Waals surface area contributed by atoms with Crippen LogP contribution in [-0.4, -0.2) is 0 Å². The van der Waals surface area contributed by atoms with Crippen molar-refractivity contribution in [2.24, 2.45) is 5.41 Å². The van der Waals surface area contributed by atoms with Crippen molar-refractivity contribution in [1.82, 2.24) is 0 Å². The molecule has 0 aromatic rings. The van der Waals surface area contributed by atoms with E-state index in [9.17, 15) is 0 Å². The van der Waals surface area contributed by atoms with Crippen molar-refractivity contribution in [1.29, 1.82) is 0 Å². The van der Waals surface area contributed by atoms with E-state index in [1.807, 2.05) is 0 Å². The molecule has 0 aliphatic carbocycles. The van der Waals surface area contributed by atoms with E-state index in [1.165, 1.54) is 44.9 Å². The highest BCUT2D eigenvalue weighted by atomic mass is 14.3. The van der Waals surface area contributed by atoms with Crippen molar-refractivity contribution in [3.05, 3.63) is 6.92 Å². The van der Waals surface area contributed by atoms with E-state index in [1.54, 1.807) is 0 Å². The third-order valence-corrected chi connectivity index (χ3v) is 3.71. The molecule has 0 atom stereocenters. The maximum atomic E-state index is 3.88. The maximum absolute atomic E-state index is 3.88. The van der Waals surface area contributed by atoms with Gasteiger partial charge in [0, 0.05) is 0 Å². The van der Waals surface area contributed by atoms with Crippen LogP contribution in [0.1, 0.15) is 72.1 Å². The van der Waals surface area contributed by atoms with Gasteiger partial charge in [0.15, 0.2) is 0 Å². The molecule has 0 heterocycles. The number of hydrogen-bond donors (Lipinski definition) is 0. The summed E-state index contributed by atoms with van der Waals surface area (Å²) in [6.07, 6.45) is 10.7. The Hall–Kier alpha value is 0. The molecule has 0 aliphatic rings.